The van der Waals surface area contributed by atoms with Crippen molar-refractivity contribution in [1.29, 1.82) is 0 Å². The molecule has 0 aromatic carbocycles. The van der Waals surface area contributed by atoms with Crippen molar-refractivity contribution in [2.45, 2.75) is 13.3 Å². The summed E-state index contributed by atoms with van der Waals surface area (Å²) in [5.74, 6) is 0. The van der Waals surface area contributed by atoms with Crippen LogP contribution in [0.25, 0.3) is 0 Å². The van der Waals surface area contributed by atoms with E-state index in [1.54, 1.807) is 0 Å². The molecule has 0 aliphatic heterocycles. The van der Waals surface area contributed by atoms with Crippen molar-refractivity contribution in [2.24, 2.45) is 5.73 Å². The molecule has 0 spiro atoms. The Kier molecular flexibility index (Phi) is 3.28. The van der Waals surface area contributed by atoms with Crippen LogP contribution in [-0.2, 0) is 0 Å². The molecule has 0 atom stereocenters. The maximum Gasteiger partial charge on any atom is 0.0242 e. The normalized spacial score (nSPS) is 8.33. The first-order valence-corrected chi connectivity index (χ1v) is 2.43. The summed E-state index contributed by atoms with van der Waals surface area (Å²) in [6, 6.07) is 0. The molecule has 0 fully saturated rings. The lowest BCUT2D eigenvalue weighted by molar-refractivity contribution is 1.22. The predicted molar refractivity (Wildman–Crippen MR) is 31.9 cm³/mol. The molecule has 1 nitrogen and oxygen atoms in total. The Balaban J connectivity index is 2.99. The third kappa shape index (κ3) is 2.30. The minimum Gasteiger partial charge on any atom is -0.326 e. The summed E-state index contributed by atoms with van der Waals surface area (Å²) in [6.45, 7) is 2.57. The fourth-order valence-corrected chi connectivity index (χ4v) is 0.144. The van der Waals surface area contributed by atoms with E-state index in [0.717, 1.165) is 11.3 Å². The second-order valence-corrected chi connectivity index (χ2v) is 1.67. The standard InChI is InChI=1S/C4H9NS/c1-2-4(6)3-5/h2-3,5H2,1H3. The molecule has 2 heteroatoms. The predicted octanol–water partition coefficient (Wildman–Crippen LogP) is 0.725. The molecule has 0 rings (SSSR count). The molecular weight excluding hydrogens is 94.1 g/mol. The largest absolute Gasteiger partial charge is 0.326 e. The maximum atomic E-state index is 5.14. The minimum absolute atomic E-state index is 0.561. The molecule has 2 N–H and O–H groups in total. The third-order valence-corrected chi connectivity index (χ3v) is 1.08. The van der Waals surface area contributed by atoms with Gasteiger partial charge in [0.1, 0.15) is 0 Å². The zero-order chi connectivity index (χ0) is 4.99. The molecular formula is C4H9NS. The second-order valence-electron chi connectivity index (χ2n) is 1.10. The molecule has 0 unspecified atom stereocenters. The van der Waals surface area contributed by atoms with E-state index in [-0.39, 0.29) is 0 Å². The Labute approximate surface area is 43.5 Å². The van der Waals surface area contributed by atoms with Crippen LogP contribution in [0.2, 0.25) is 0 Å². The molecule has 0 heterocycles. The number of rotatable bonds is 2. The first-order chi connectivity index (χ1) is 2.81. The summed E-state index contributed by atoms with van der Waals surface area (Å²) in [5.41, 5.74) is 5.14. The third-order valence-electron chi connectivity index (χ3n) is 0.622. The molecule has 0 saturated carbocycles. The van der Waals surface area contributed by atoms with Gasteiger partial charge in [-0.25, -0.2) is 0 Å². The Morgan fingerprint density at radius 3 is 2.33 bits per heavy atom. The highest BCUT2D eigenvalue weighted by molar-refractivity contribution is 7.80. The fraction of sp³-hybridized carbons (Fsp3) is 0.750. The van der Waals surface area contributed by atoms with Crippen LogP contribution in [0.3, 0.4) is 0 Å². The Bertz CT molecular complexity index is 45.5. The lowest BCUT2D eigenvalue weighted by Crippen LogP contribution is -2.08. The Morgan fingerprint density at radius 1 is 1.83 bits per heavy atom. The van der Waals surface area contributed by atoms with Crippen molar-refractivity contribution in [1.82, 2.24) is 0 Å². The maximum absolute atomic E-state index is 5.14. The van der Waals surface area contributed by atoms with E-state index in [1.807, 2.05) is 6.92 Å². The summed E-state index contributed by atoms with van der Waals surface area (Å²) in [4.78, 5) is 0.954. The summed E-state index contributed by atoms with van der Waals surface area (Å²) < 4.78 is 0. The van der Waals surface area contributed by atoms with Gasteiger partial charge in [0.15, 0.2) is 0 Å². The average Bonchev–Trinajstić information content (AvgIpc) is 1.65. The molecule has 0 bridgehead atoms. The molecule has 36 valence electrons. The molecule has 0 saturated heterocycles. The van der Waals surface area contributed by atoms with E-state index >= 15 is 0 Å². The van der Waals surface area contributed by atoms with Crippen LogP contribution < -0.4 is 5.73 Å². The van der Waals surface area contributed by atoms with Crippen LogP contribution in [0.15, 0.2) is 0 Å². The van der Waals surface area contributed by atoms with Crippen molar-refractivity contribution >= 4 is 17.1 Å². The summed E-state index contributed by atoms with van der Waals surface area (Å²) in [6.07, 6.45) is 0.936. The minimum atomic E-state index is 0.561. The molecule has 0 aliphatic carbocycles. The van der Waals surface area contributed by atoms with E-state index in [0.29, 0.717) is 6.54 Å². The van der Waals surface area contributed by atoms with E-state index < -0.39 is 0 Å². The van der Waals surface area contributed by atoms with E-state index in [4.69, 9.17) is 18.0 Å². The van der Waals surface area contributed by atoms with Gasteiger partial charge in [0, 0.05) is 11.4 Å². The number of hydrogen-bond acceptors (Lipinski definition) is 2. The molecule has 0 amide bonds. The first-order valence-electron chi connectivity index (χ1n) is 2.03. The van der Waals surface area contributed by atoms with Gasteiger partial charge in [-0.1, -0.05) is 19.1 Å². The van der Waals surface area contributed by atoms with Crippen molar-refractivity contribution in [3.63, 3.8) is 0 Å². The SMILES string of the molecule is CCC(=S)CN. The number of thiocarbonyl (C=S) groups is 1. The topological polar surface area (TPSA) is 26.0 Å². The molecule has 0 aromatic rings. The van der Waals surface area contributed by atoms with Gasteiger partial charge < -0.3 is 5.73 Å². The highest BCUT2D eigenvalue weighted by Crippen LogP contribution is 1.77. The molecule has 0 radical (unpaired) electrons. The summed E-state index contributed by atoms with van der Waals surface area (Å²) in [5, 5.41) is 0. The van der Waals surface area contributed by atoms with E-state index in [9.17, 15) is 0 Å². The zero-order valence-electron chi connectivity index (χ0n) is 3.90. The number of nitrogens with two attached hydrogens (primary N) is 1. The van der Waals surface area contributed by atoms with Crippen molar-refractivity contribution < 1.29 is 0 Å². The molecule has 0 aliphatic rings. The van der Waals surface area contributed by atoms with Crippen molar-refractivity contribution in [2.75, 3.05) is 6.54 Å². The Hall–Kier alpha value is 0.0500. The van der Waals surface area contributed by atoms with Crippen LogP contribution in [0.1, 0.15) is 13.3 Å². The van der Waals surface area contributed by atoms with Crippen LogP contribution in [0, 0.1) is 0 Å². The van der Waals surface area contributed by atoms with Gasteiger partial charge in [-0.05, 0) is 6.42 Å². The van der Waals surface area contributed by atoms with Gasteiger partial charge in [0.25, 0.3) is 0 Å². The van der Waals surface area contributed by atoms with Crippen LogP contribution >= 0.6 is 12.2 Å². The van der Waals surface area contributed by atoms with Crippen molar-refractivity contribution in [3.05, 3.63) is 0 Å². The van der Waals surface area contributed by atoms with Crippen LogP contribution in [0.4, 0.5) is 0 Å². The van der Waals surface area contributed by atoms with Gasteiger partial charge >= 0.3 is 0 Å². The monoisotopic (exact) mass is 103 g/mol. The smallest absolute Gasteiger partial charge is 0.0242 e. The lowest BCUT2D eigenvalue weighted by atomic mass is 10.3. The molecule has 0 aromatic heterocycles. The summed E-state index contributed by atoms with van der Waals surface area (Å²) >= 11 is 4.73. The summed E-state index contributed by atoms with van der Waals surface area (Å²) in [7, 11) is 0. The van der Waals surface area contributed by atoms with Gasteiger partial charge in [0.2, 0.25) is 0 Å². The lowest BCUT2D eigenvalue weighted by Gasteiger charge is -1.86. The van der Waals surface area contributed by atoms with Gasteiger partial charge in [-0.3, -0.25) is 0 Å². The van der Waals surface area contributed by atoms with Crippen LogP contribution in [0.5, 0.6) is 0 Å². The first kappa shape index (κ1) is 6.05. The Morgan fingerprint density at radius 2 is 2.33 bits per heavy atom. The van der Waals surface area contributed by atoms with E-state index in [1.165, 1.54) is 0 Å². The van der Waals surface area contributed by atoms with Crippen molar-refractivity contribution in [3.8, 4) is 0 Å². The van der Waals surface area contributed by atoms with Crippen LogP contribution in [-0.4, -0.2) is 11.4 Å². The van der Waals surface area contributed by atoms with Gasteiger partial charge in [-0.2, -0.15) is 0 Å². The molecule has 6 heavy (non-hydrogen) atoms. The zero-order valence-corrected chi connectivity index (χ0v) is 4.72. The quantitative estimate of drug-likeness (QED) is 0.521. The van der Waals surface area contributed by atoms with Gasteiger partial charge in [-0.15, -0.1) is 0 Å². The fourth-order valence-electron chi connectivity index (χ4n) is 0.144. The second kappa shape index (κ2) is 3.25. The van der Waals surface area contributed by atoms with Gasteiger partial charge in [0.05, 0.1) is 0 Å². The van der Waals surface area contributed by atoms with E-state index in [2.05, 4.69) is 0 Å². The average molecular weight is 103 g/mol. The highest BCUT2D eigenvalue weighted by atomic mass is 32.1. The highest BCUT2D eigenvalue weighted by Gasteiger charge is 1.81. The number of hydrogen-bond donors (Lipinski definition) is 1.